The number of para-hydroxylation sites is 1. The summed E-state index contributed by atoms with van der Waals surface area (Å²) in [6, 6.07) is 62.4. The van der Waals surface area contributed by atoms with E-state index >= 15 is 0 Å². The van der Waals surface area contributed by atoms with E-state index in [9.17, 15) is 0 Å². The minimum atomic E-state index is 1.12. The molecule has 0 bridgehead atoms. The Kier molecular flexibility index (Phi) is 6.47. The molecule has 0 unspecified atom stereocenters. The highest BCUT2D eigenvalue weighted by molar-refractivity contribution is 6.43. The number of fused-ring (bicyclic) bond motifs is 6. The van der Waals surface area contributed by atoms with Crippen LogP contribution in [0.4, 0.5) is 17.1 Å². The fraction of sp³-hybridized carbons (Fsp3) is 0.0204. The lowest BCUT2D eigenvalue weighted by Gasteiger charge is -2.30. The molecule has 50 heavy (non-hydrogen) atoms. The third-order valence-corrected chi connectivity index (χ3v) is 10.4. The van der Waals surface area contributed by atoms with Crippen molar-refractivity contribution in [2.24, 2.45) is 0 Å². The van der Waals surface area contributed by atoms with Gasteiger partial charge in [-0.1, -0.05) is 157 Å². The van der Waals surface area contributed by atoms with Gasteiger partial charge in [0.1, 0.15) is 0 Å². The summed E-state index contributed by atoms with van der Waals surface area (Å²) in [4.78, 5) is 2.46. The van der Waals surface area contributed by atoms with Crippen molar-refractivity contribution in [1.82, 2.24) is 0 Å². The summed E-state index contributed by atoms with van der Waals surface area (Å²) in [6.45, 7) is 2.12. The van der Waals surface area contributed by atoms with Crippen LogP contribution in [0.5, 0.6) is 0 Å². The number of aryl methyl sites for hydroxylation is 1. The molecule has 0 saturated heterocycles. The fourth-order valence-electron chi connectivity index (χ4n) is 8.13. The molecule has 0 N–H and O–H groups in total. The molecule has 10 aromatic rings. The first kappa shape index (κ1) is 28.6. The Morgan fingerprint density at radius 3 is 1.62 bits per heavy atom. The summed E-state index contributed by atoms with van der Waals surface area (Å²) in [5, 5.41) is 15.6. The van der Waals surface area contributed by atoms with Gasteiger partial charge in [0.2, 0.25) is 0 Å². The van der Waals surface area contributed by atoms with Gasteiger partial charge in [-0.05, 0) is 96.9 Å². The minimum Gasteiger partial charge on any atom is -0.309 e. The highest BCUT2D eigenvalue weighted by Gasteiger charge is 2.24. The normalized spacial score (nSPS) is 12.0. The van der Waals surface area contributed by atoms with Gasteiger partial charge in [-0.2, -0.15) is 0 Å². The summed E-state index contributed by atoms with van der Waals surface area (Å²) in [6.07, 6.45) is 4.38. The maximum absolute atomic E-state index is 2.46. The van der Waals surface area contributed by atoms with Crippen LogP contribution in [0, 0.1) is 6.92 Å². The lowest BCUT2D eigenvalue weighted by molar-refractivity contribution is 1.31. The molecule has 1 heteroatoms. The molecule has 0 amide bonds. The third-order valence-electron chi connectivity index (χ3n) is 10.4. The Labute approximate surface area is 291 Å². The molecule has 234 valence electrons. The lowest BCUT2D eigenvalue weighted by atomic mass is 9.84. The van der Waals surface area contributed by atoms with Crippen molar-refractivity contribution in [3.63, 3.8) is 0 Å². The average Bonchev–Trinajstić information content (AvgIpc) is 3.17. The predicted molar refractivity (Wildman–Crippen MR) is 217 cm³/mol. The Hall–Kier alpha value is -6.44. The molecule has 10 aromatic carbocycles. The van der Waals surface area contributed by atoms with Crippen molar-refractivity contribution in [3.8, 4) is 0 Å². The minimum absolute atomic E-state index is 1.12. The zero-order valence-corrected chi connectivity index (χ0v) is 27.8. The molecule has 0 spiro atoms. The van der Waals surface area contributed by atoms with E-state index in [1.807, 2.05) is 0 Å². The standard InChI is InChI=1S/C49H33N/c1-32-21-23-33(24-22-32)25-26-34-27-29-38(30-28-34)50(37-13-3-2-4-14-37)49-41-17-8-7-16-40(41)47-42-18-9-12-36-31-35-11-5-6-15-39(35)46(45(36)42)43-19-10-20-44(49)48(43)47/h2-31H,1H3/b26-25+. The van der Waals surface area contributed by atoms with Crippen molar-refractivity contribution >= 4 is 93.8 Å². The number of hydrogen-bond acceptors (Lipinski definition) is 1. The molecule has 0 aliphatic carbocycles. The molecule has 0 aliphatic rings. The van der Waals surface area contributed by atoms with Crippen molar-refractivity contribution in [3.05, 3.63) is 187 Å². The van der Waals surface area contributed by atoms with Gasteiger partial charge in [-0.25, -0.2) is 0 Å². The SMILES string of the molecule is Cc1ccc(/C=C/c2ccc(N(c3ccccc3)c3c4ccccc4c4c5cccc6cc7ccccc7c(c7cccc3c74)c65)cc2)cc1. The topological polar surface area (TPSA) is 3.24 Å². The van der Waals surface area contributed by atoms with E-state index in [4.69, 9.17) is 0 Å². The molecule has 0 atom stereocenters. The first-order valence-corrected chi connectivity index (χ1v) is 17.4. The number of anilines is 3. The molecule has 0 saturated carbocycles. The van der Waals surface area contributed by atoms with Crippen LogP contribution in [0.1, 0.15) is 16.7 Å². The van der Waals surface area contributed by atoms with E-state index < -0.39 is 0 Å². The Morgan fingerprint density at radius 2 is 0.860 bits per heavy atom. The van der Waals surface area contributed by atoms with E-state index in [1.165, 1.54) is 87.0 Å². The molecular weight excluding hydrogens is 603 g/mol. The molecule has 0 aliphatic heterocycles. The van der Waals surface area contributed by atoms with Crippen molar-refractivity contribution in [2.45, 2.75) is 6.92 Å². The first-order chi connectivity index (χ1) is 24.7. The molecular formula is C49H33N. The van der Waals surface area contributed by atoms with Gasteiger partial charge in [0.25, 0.3) is 0 Å². The highest BCUT2D eigenvalue weighted by Crippen LogP contribution is 2.51. The summed E-state index contributed by atoms with van der Waals surface area (Å²) in [7, 11) is 0. The number of hydrogen-bond donors (Lipinski definition) is 0. The van der Waals surface area contributed by atoms with Gasteiger partial charge in [0.15, 0.2) is 0 Å². The average molecular weight is 636 g/mol. The van der Waals surface area contributed by atoms with Crippen LogP contribution in [0.15, 0.2) is 170 Å². The van der Waals surface area contributed by atoms with E-state index in [2.05, 4.69) is 194 Å². The van der Waals surface area contributed by atoms with Gasteiger partial charge in [0.05, 0.1) is 5.69 Å². The van der Waals surface area contributed by atoms with Crippen molar-refractivity contribution in [2.75, 3.05) is 4.90 Å². The Bertz CT molecular complexity index is 2900. The maximum Gasteiger partial charge on any atom is 0.0619 e. The molecule has 0 radical (unpaired) electrons. The second-order valence-corrected chi connectivity index (χ2v) is 13.4. The third kappa shape index (κ3) is 4.41. The van der Waals surface area contributed by atoms with Gasteiger partial charge >= 0.3 is 0 Å². The van der Waals surface area contributed by atoms with E-state index in [-0.39, 0.29) is 0 Å². The Balaban J connectivity index is 1.28. The smallest absolute Gasteiger partial charge is 0.0619 e. The van der Waals surface area contributed by atoms with E-state index in [0.29, 0.717) is 0 Å². The fourth-order valence-corrected chi connectivity index (χ4v) is 8.13. The predicted octanol–water partition coefficient (Wildman–Crippen LogP) is 14.0. The molecule has 1 nitrogen and oxygen atoms in total. The number of benzene rings is 10. The quantitative estimate of drug-likeness (QED) is 0.103. The summed E-state index contributed by atoms with van der Waals surface area (Å²) in [5.74, 6) is 0. The van der Waals surface area contributed by atoms with Crippen LogP contribution in [-0.2, 0) is 0 Å². The second-order valence-electron chi connectivity index (χ2n) is 13.4. The number of nitrogens with zero attached hydrogens (tertiary/aromatic N) is 1. The Morgan fingerprint density at radius 1 is 0.360 bits per heavy atom. The monoisotopic (exact) mass is 635 g/mol. The first-order valence-electron chi connectivity index (χ1n) is 17.4. The van der Waals surface area contributed by atoms with Crippen LogP contribution in [0.2, 0.25) is 0 Å². The van der Waals surface area contributed by atoms with Crippen LogP contribution in [0.25, 0.3) is 76.8 Å². The lowest BCUT2D eigenvalue weighted by Crippen LogP contribution is -2.11. The van der Waals surface area contributed by atoms with Gasteiger partial charge in [-0.15, -0.1) is 0 Å². The van der Waals surface area contributed by atoms with Gasteiger partial charge < -0.3 is 4.90 Å². The van der Waals surface area contributed by atoms with Gasteiger partial charge in [0, 0.05) is 27.5 Å². The largest absolute Gasteiger partial charge is 0.309 e. The molecule has 0 fully saturated rings. The van der Waals surface area contributed by atoms with Gasteiger partial charge in [-0.3, -0.25) is 0 Å². The zero-order valence-electron chi connectivity index (χ0n) is 27.8. The second kappa shape index (κ2) is 11.3. The van der Waals surface area contributed by atoms with Crippen LogP contribution < -0.4 is 4.90 Å². The van der Waals surface area contributed by atoms with E-state index in [0.717, 1.165) is 11.4 Å². The van der Waals surface area contributed by atoms with Crippen molar-refractivity contribution < 1.29 is 0 Å². The van der Waals surface area contributed by atoms with Crippen LogP contribution >= 0.6 is 0 Å². The highest BCUT2D eigenvalue weighted by atomic mass is 15.1. The van der Waals surface area contributed by atoms with E-state index in [1.54, 1.807) is 0 Å². The van der Waals surface area contributed by atoms with Crippen molar-refractivity contribution in [1.29, 1.82) is 0 Å². The molecule has 0 heterocycles. The maximum atomic E-state index is 2.46. The molecule has 10 rings (SSSR count). The zero-order chi connectivity index (χ0) is 33.2. The van der Waals surface area contributed by atoms with Crippen LogP contribution in [0.3, 0.4) is 0 Å². The van der Waals surface area contributed by atoms with Crippen LogP contribution in [-0.4, -0.2) is 0 Å². The molecule has 0 aromatic heterocycles. The summed E-state index contributed by atoms with van der Waals surface area (Å²) < 4.78 is 0. The summed E-state index contributed by atoms with van der Waals surface area (Å²) in [5.41, 5.74) is 7.09. The summed E-state index contributed by atoms with van der Waals surface area (Å²) >= 11 is 0. The number of rotatable bonds is 5.